The Morgan fingerprint density at radius 1 is 1.30 bits per heavy atom. The van der Waals surface area contributed by atoms with E-state index in [2.05, 4.69) is 0 Å². The van der Waals surface area contributed by atoms with Crippen molar-refractivity contribution in [1.29, 1.82) is 0 Å². The SMILES string of the molecule is O=C(O)c1coc(C(=O)N(CCc2cccc(F)c2)C2CC2)c1. The van der Waals surface area contributed by atoms with E-state index in [1.54, 1.807) is 11.0 Å². The molecule has 1 amide bonds. The first-order valence-electron chi connectivity index (χ1n) is 7.42. The number of hydrogen-bond acceptors (Lipinski definition) is 3. The molecule has 0 atom stereocenters. The van der Waals surface area contributed by atoms with E-state index in [1.807, 2.05) is 6.07 Å². The molecule has 2 aromatic rings. The van der Waals surface area contributed by atoms with Gasteiger partial charge in [-0.15, -0.1) is 0 Å². The van der Waals surface area contributed by atoms with Crippen LogP contribution < -0.4 is 0 Å². The normalized spacial score (nSPS) is 13.8. The number of halogens is 1. The number of rotatable bonds is 6. The van der Waals surface area contributed by atoms with Gasteiger partial charge in [0, 0.05) is 18.7 Å². The van der Waals surface area contributed by atoms with Crippen molar-refractivity contribution < 1.29 is 23.5 Å². The van der Waals surface area contributed by atoms with Gasteiger partial charge >= 0.3 is 5.97 Å². The number of carbonyl (C=O) groups is 2. The highest BCUT2D eigenvalue weighted by Crippen LogP contribution is 2.29. The van der Waals surface area contributed by atoms with E-state index in [0.717, 1.165) is 24.7 Å². The number of nitrogens with zero attached hydrogens (tertiary/aromatic N) is 1. The predicted octanol–water partition coefficient (Wildman–Crippen LogP) is 2.96. The smallest absolute Gasteiger partial charge is 0.338 e. The summed E-state index contributed by atoms with van der Waals surface area (Å²) in [5, 5.41) is 8.90. The molecule has 5 nitrogen and oxygen atoms in total. The monoisotopic (exact) mass is 317 g/mol. The molecule has 1 aromatic carbocycles. The molecule has 0 spiro atoms. The minimum atomic E-state index is -1.13. The quantitative estimate of drug-likeness (QED) is 0.889. The summed E-state index contributed by atoms with van der Waals surface area (Å²) in [7, 11) is 0. The third kappa shape index (κ3) is 3.59. The van der Waals surface area contributed by atoms with Gasteiger partial charge in [0.05, 0.1) is 5.56 Å². The first-order valence-corrected chi connectivity index (χ1v) is 7.42. The molecule has 0 radical (unpaired) electrons. The highest BCUT2D eigenvalue weighted by Gasteiger charge is 2.34. The number of furan rings is 1. The van der Waals surface area contributed by atoms with E-state index in [-0.39, 0.29) is 29.1 Å². The summed E-state index contributed by atoms with van der Waals surface area (Å²) in [6.45, 7) is 0.441. The molecule has 3 rings (SSSR count). The second-order valence-electron chi connectivity index (χ2n) is 5.61. The zero-order chi connectivity index (χ0) is 16.4. The third-order valence-corrected chi connectivity index (χ3v) is 3.84. The van der Waals surface area contributed by atoms with Crippen LogP contribution in [0.15, 0.2) is 41.0 Å². The van der Waals surface area contributed by atoms with Crippen LogP contribution in [-0.4, -0.2) is 34.5 Å². The Balaban J connectivity index is 1.70. The van der Waals surface area contributed by atoms with Crippen LogP contribution in [0.5, 0.6) is 0 Å². The van der Waals surface area contributed by atoms with Crippen molar-refractivity contribution in [2.24, 2.45) is 0 Å². The Hall–Kier alpha value is -2.63. The van der Waals surface area contributed by atoms with E-state index < -0.39 is 5.97 Å². The molecule has 0 saturated heterocycles. The van der Waals surface area contributed by atoms with Crippen LogP contribution in [0.1, 0.15) is 39.3 Å². The average Bonchev–Trinajstić information content (AvgIpc) is 3.22. The molecule has 0 bridgehead atoms. The van der Waals surface area contributed by atoms with Gasteiger partial charge < -0.3 is 14.4 Å². The van der Waals surface area contributed by atoms with Crippen LogP contribution in [0.3, 0.4) is 0 Å². The highest BCUT2D eigenvalue weighted by atomic mass is 19.1. The number of benzene rings is 1. The Kier molecular flexibility index (Phi) is 4.14. The van der Waals surface area contributed by atoms with Gasteiger partial charge in [0.2, 0.25) is 0 Å². The maximum Gasteiger partial charge on any atom is 0.338 e. The zero-order valence-corrected chi connectivity index (χ0v) is 12.4. The van der Waals surface area contributed by atoms with Gasteiger partial charge in [-0.25, -0.2) is 9.18 Å². The summed E-state index contributed by atoms with van der Waals surface area (Å²) in [6, 6.07) is 7.67. The Labute approximate surface area is 132 Å². The van der Waals surface area contributed by atoms with Crippen molar-refractivity contribution in [3.8, 4) is 0 Å². The van der Waals surface area contributed by atoms with E-state index in [1.165, 1.54) is 18.2 Å². The molecule has 0 aliphatic heterocycles. The molecule has 120 valence electrons. The topological polar surface area (TPSA) is 70.7 Å². The van der Waals surface area contributed by atoms with E-state index in [4.69, 9.17) is 9.52 Å². The van der Waals surface area contributed by atoms with Gasteiger partial charge in [-0.05, 0) is 37.0 Å². The highest BCUT2D eigenvalue weighted by molar-refractivity contribution is 5.95. The number of carboxylic acids is 1. The van der Waals surface area contributed by atoms with Crippen molar-refractivity contribution in [3.63, 3.8) is 0 Å². The molecule has 0 unspecified atom stereocenters. The maximum atomic E-state index is 13.2. The lowest BCUT2D eigenvalue weighted by molar-refractivity contribution is 0.0692. The molecule has 1 fully saturated rings. The Morgan fingerprint density at radius 3 is 2.70 bits per heavy atom. The van der Waals surface area contributed by atoms with Crippen molar-refractivity contribution in [3.05, 3.63) is 59.3 Å². The van der Waals surface area contributed by atoms with Crippen LogP contribution in [0, 0.1) is 5.82 Å². The van der Waals surface area contributed by atoms with Crippen molar-refractivity contribution in [1.82, 2.24) is 4.90 Å². The van der Waals surface area contributed by atoms with Gasteiger partial charge in [-0.2, -0.15) is 0 Å². The van der Waals surface area contributed by atoms with Crippen molar-refractivity contribution in [2.75, 3.05) is 6.54 Å². The van der Waals surface area contributed by atoms with Crippen molar-refractivity contribution in [2.45, 2.75) is 25.3 Å². The molecule has 1 aromatic heterocycles. The summed E-state index contributed by atoms with van der Waals surface area (Å²) in [5.74, 6) is -1.74. The molecule has 1 aliphatic carbocycles. The summed E-state index contributed by atoms with van der Waals surface area (Å²) in [6.07, 6.45) is 3.43. The minimum absolute atomic E-state index is 0.0218. The number of carbonyl (C=O) groups excluding carboxylic acids is 1. The van der Waals surface area contributed by atoms with Crippen LogP contribution in [0.2, 0.25) is 0 Å². The fourth-order valence-electron chi connectivity index (χ4n) is 2.48. The third-order valence-electron chi connectivity index (χ3n) is 3.84. The second kappa shape index (κ2) is 6.24. The molecule has 1 heterocycles. The Morgan fingerprint density at radius 2 is 2.09 bits per heavy atom. The first-order chi connectivity index (χ1) is 11.0. The molecule has 6 heteroatoms. The largest absolute Gasteiger partial charge is 0.478 e. The van der Waals surface area contributed by atoms with Crippen LogP contribution >= 0.6 is 0 Å². The van der Waals surface area contributed by atoms with Crippen LogP contribution in [0.4, 0.5) is 4.39 Å². The first kappa shape index (κ1) is 15.3. The Bertz CT molecular complexity index is 736. The molecular formula is C17H16FNO4. The number of carboxylic acid groups (broad SMARTS) is 1. The molecule has 1 aliphatic rings. The van der Waals surface area contributed by atoms with Crippen LogP contribution in [0.25, 0.3) is 0 Å². The fraction of sp³-hybridized carbons (Fsp3) is 0.294. The fourth-order valence-corrected chi connectivity index (χ4v) is 2.48. The minimum Gasteiger partial charge on any atom is -0.478 e. The van der Waals surface area contributed by atoms with Gasteiger partial charge in [-0.3, -0.25) is 4.79 Å². The van der Waals surface area contributed by atoms with Crippen molar-refractivity contribution >= 4 is 11.9 Å². The second-order valence-corrected chi connectivity index (χ2v) is 5.61. The summed E-state index contributed by atoms with van der Waals surface area (Å²) < 4.78 is 18.3. The van der Waals surface area contributed by atoms with Crippen LogP contribution in [-0.2, 0) is 6.42 Å². The summed E-state index contributed by atoms with van der Waals surface area (Å²) >= 11 is 0. The lowest BCUT2D eigenvalue weighted by atomic mass is 10.1. The molecule has 1 N–H and O–H groups in total. The summed E-state index contributed by atoms with van der Waals surface area (Å²) in [5.41, 5.74) is 0.767. The van der Waals surface area contributed by atoms with E-state index >= 15 is 0 Å². The van der Waals surface area contributed by atoms with E-state index in [9.17, 15) is 14.0 Å². The lowest BCUT2D eigenvalue weighted by Gasteiger charge is -2.21. The molecule has 1 saturated carbocycles. The van der Waals surface area contributed by atoms with Gasteiger partial charge in [0.15, 0.2) is 5.76 Å². The van der Waals surface area contributed by atoms with Gasteiger partial charge in [0.1, 0.15) is 12.1 Å². The lowest BCUT2D eigenvalue weighted by Crippen LogP contribution is -2.34. The zero-order valence-electron chi connectivity index (χ0n) is 12.4. The number of hydrogen-bond donors (Lipinski definition) is 1. The van der Waals surface area contributed by atoms with Gasteiger partial charge in [-0.1, -0.05) is 12.1 Å². The number of amides is 1. The standard InChI is InChI=1S/C17H16FNO4/c18-13-3-1-2-11(8-13)6-7-19(14-4-5-14)16(20)15-9-12(10-23-15)17(21)22/h1-3,8-10,14H,4-7H2,(H,21,22). The molecular weight excluding hydrogens is 301 g/mol. The average molecular weight is 317 g/mol. The van der Waals surface area contributed by atoms with E-state index in [0.29, 0.717) is 13.0 Å². The van der Waals surface area contributed by atoms with Gasteiger partial charge in [0.25, 0.3) is 5.91 Å². The molecule has 23 heavy (non-hydrogen) atoms. The maximum absolute atomic E-state index is 13.2. The number of aromatic carboxylic acids is 1. The summed E-state index contributed by atoms with van der Waals surface area (Å²) in [4.78, 5) is 25.1. The predicted molar refractivity (Wildman–Crippen MR) is 79.8 cm³/mol.